The number of carbonyl (C=O) groups excluding carboxylic acids is 2. The number of rotatable bonds is 11. The summed E-state index contributed by atoms with van der Waals surface area (Å²) in [6, 6.07) is 16.2. The van der Waals surface area contributed by atoms with Crippen molar-refractivity contribution in [2.75, 3.05) is 18.4 Å². The van der Waals surface area contributed by atoms with E-state index in [0.29, 0.717) is 23.8 Å². The zero-order chi connectivity index (χ0) is 21.2. The fourth-order valence-corrected chi connectivity index (χ4v) is 3.66. The Hall–Kier alpha value is -2.66. The first kappa shape index (κ1) is 22.0. The van der Waals surface area contributed by atoms with E-state index in [0.717, 1.165) is 57.2 Å². The molecule has 5 heteroatoms. The minimum atomic E-state index is -0.241. The number of benzene rings is 2. The first-order chi connectivity index (χ1) is 14.6. The first-order valence-corrected chi connectivity index (χ1v) is 11.0. The second-order valence-electron chi connectivity index (χ2n) is 8.09. The van der Waals surface area contributed by atoms with Crippen LogP contribution in [0.2, 0.25) is 0 Å². The minimum Gasteiger partial charge on any atom is -0.424 e. The van der Waals surface area contributed by atoms with Crippen molar-refractivity contribution in [2.24, 2.45) is 5.92 Å². The Balaban J connectivity index is 1.52. The van der Waals surface area contributed by atoms with Crippen LogP contribution in [0.4, 0.5) is 5.69 Å². The third kappa shape index (κ3) is 7.30. The van der Waals surface area contributed by atoms with Crippen LogP contribution in [0.3, 0.4) is 0 Å². The molecule has 0 radical (unpaired) electrons. The number of nitrogens with one attached hydrogen (secondary N) is 2. The van der Waals surface area contributed by atoms with Gasteiger partial charge in [0.1, 0.15) is 0 Å². The number of carbonyl (C=O) groups is 2. The van der Waals surface area contributed by atoms with E-state index in [2.05, 4.69) is 34.9 Å². The Labute approximate surface area is 179 Å². The molecule has 2 aromatic rings. The van der Waals surface area contributed by atoms with Crippen LogP contribution < -0.4 is 15.4 Å². The van der Waals surface area contributed by atoms with Crippen LogP contribution in [0, 0.1) is 5.92 Å². The van der Waals surface area contributed by atoms with Crippen LogP contribution in [-0.4, -0.2) is 25.0 Å². The summed E-state index contributed by atoms with van der Waals surface area (Å²) in [7, 11) is 0. The molecule has 0 saturated carbocycles. The molecule has 1 fully saturated rings. The molecule has 0 bridgehead atoms. The molecule has 0 atom stereocenters. The lowest BCUT2D eigenvalue weighted by atomic mass is 9.97. The van der Waals surface area contributed by atoms with Crippen molar-refractivity contribution >= 4 is 17.6 Å². The third-order valence-corrected chi connectivity index (χ3v) is 5.46. The number of hydrogen-bond donors (Lipinski definition) is 2. The summed E-state index contributed by atoms with van der Waals surface area (Å²) in [6.07, 6.45) is 6.40. The molecule has 160 valence electrons. The molecule has 1 aliphatic rings. The maximum atomic E-state index is 12.3. The molecule has 1 amide bonds. The van der Waals surface area contributed by atoms with Gasteiger partial charge in [0.15, 0.2) is 5.75 Å². The highest BCUT2D eigenvalue weighted by Gasteiger charge is 2.17. The van der Waals surface area contributed by atoms with Gasteiger partial charge in [-0.25, -0.2) is 0 Å². The van der Waals surface area contributed by atoms with Crippen molar-refractivity contribution < 1.29 is 14.3 Å². The summed E-state index contributed by atoms with van der Waals surface area (Å²) >= 11 is 0. The zero-order valence-electron chi connectivity index (χ0n) is 17.8. The largest absolute Gasteiger partial charge is 0.424 e. The SMILES string of the molecule is CC(=O)Nc1ccc(CCCCc2ccccc2)cc1OC(=O)CCCC1CNC1. The smallest absolute Gasteiger partial charge is 0.311 e. The molecule has 0 aliphatic carbocycles. The first-order valence-electron chi connectivity index (χ1n) is 11.0. The maximum absolute atomic E-state index is 12.3. The van der Waals surface area contributed by atoms with Crippen LogP contribution in [0.5, 0.6) is 5.75 Å². The lowest BCUT2D eigenvalue weighted by Crippen LogP contribution is -2.41. The number of hydrogen-bond acceptors (Lipinski definition) is 4. The summed E-state index contributed by atoms with van der Waals surface area (Å²) in [5, 5.41) is 6.01. The van der Waals surface area contributed by atoms with Gasteiger partial charge in [-0.1, -0.05) is 36.4 Å². The van der Waals surface area contributed by atoms with Gasteiger partial charge in [0.25, 0.3) is 0 Å². The second-order valence-corrected chi connectivity index (χ2v) is 8.09. The molecular formula is C25H32N2O3. The van der Waals surface area contributed by atoms with Gasteiger partial charge in [-0.2, -0.15) is 0 Å². The predicted molar refractivity (Wildman–Crippen MR) is 120 cm³/mol. The lowest BCUT2D eigenvalue weighted by molar-refractivity contribution is -0.134. The van der Waals surface area contributed by atoms with Crippen molar-refractivity contribution in [1.29, 1.82) is 0 Å². The highest BCUT2D eigenvalue weighted by molar-refractivity contribution is 5.91. The fraction of sp³-hybridized carbons (Fsp3) is 0.440. The highest BCUT2D eigenvalue weighted by Crippen LogP contribution is 2.28. The monoisotopic (exact) mass is 408 g/mol. The number of ether oxygens (including phenoxy) is 1. The molecule has 1 saturated heterocycles. The summed E-state index contributed by atoms with van der Waals surface area (Å²) in [5.41, 5.74) is 3.01. The molecule has 5 nitrogen and oxygen atoms in total. The van der Waals surface area contributed by atoms with Gasteiger partial charge in [-0.3, -0.25) is 9.59 Å². The van der Waals surface area contributed by atoms with E-state index in [1.807, 2.05) is 24.3 Å². The van der Waals surface area contributed by atoms with Gasteiger partial charge in [-0.05, 0) is 80.8 Å². The Morgan fingerprint density at radius 2 is 1.73 bits per heavy atom. The summed E-state index contributed by atoms with van der Waals surface area (Å²) in [4.78, 5) is 23.8. The molecule has 0 unspecified atom stereocenters. The van der Waals surface area contributed by atoms with E-state index in [4.69, 9.17) is 4.74 Å². The summed E-state index contributed by atoms with van der Waals surface area (Å²) < 4.78 is 5.63. The number of aryl methyl sites for hydroxylation is 2. The van der Waals surface area contributed by atoms with E-state index in [-0.39, 0.29) is 11.9 Å². The maximum Gasteiger partial charge on any atom is 0.311 e. The normalized spacial score (nSPS) is 13.5. The molecule has 0 spiro atoms. The number of unbranched alkanes of at least 4 members (excludes halogenated alkanes) is 1. The van der Waals surface area contributed by atoms with Crippen LogP contribution in [0.1, 0.15) is 50.2 Å². The molecule has 1 aliphatic heterocycles. The zero-order valence-corrected chi connectivity index (χ0v) is 17.8. The van der Waals surface area contributed by atoms with Gasteiger partial charge in [0, 0.05) is 13.3 Å². The van der Waals surface area contributed by atoms with E-state index in [1.54, 1.807) is 0 Å². The van der Waals surface area contributed by atoms with E-state index < -0.39 is 0 Å². The Kier molecular flexibility index (Phi) is 8.45. The average molecular weight is 409 g/mol. The molecular weight excluding hydrogens is 376 g/mol. The molecule has 0 aromatic heterocycles. The van der Waals surface area contributed by atoms with Gasteiger partial charge >= 0.3 is 5.97 Å². The summed E-state index contributed by atoms with van der Waals surface area (Å²) in [5.74, 6) is 0.712. The van der Waals surface area contributed by atoms with Crippen molar-refractivity contribution in [1.82, 2.24) is 5.32 Å². The fourth-order valence-electron chi connectivity index (χ4n) is 3.66. The number of esters is 1. The molecule has 2 N–H and O–H groups in total. The van der Waals surface area contributed by atoms with Gasteiger partial charge in [0.2, 0.25) is 5.91 Å². The van der Waals surface area contributed by atoms with E-state index in [1.165, 1.54) is 12.5 Å². The quantitative estimate of drug-likeness (QED) is 0.326. The predicted octanol–water partition coefficient (Wildman–Crippen LogP) is 4.51. The van der Waals surface area contributed by atoms with Crippen molar-refractivity contribution in [3.05, 3.63) is 59.7 Å². The Morgan fingerprint density at radius 1 is 1.00 bits per heavy atom. The van der Waals surface area contributed by atoms with Crippen molar-refractivity contribution in [2.45, 2.75) is 51.9 Å². The van der Waals surface area contributed by atoms with Gasteiger partial charge < -0.3 is 15.4 Å². The standard InChI is InChI=1S/C25H32N2O3/c1-19(28)27-23-15-14-21(11-6-5-10-20-8-3-2-4-9-20)16-24(23)30-25(29)13-7-12-22-17-26-18-22/h2-4,8-9,14-16,22,26H,5-7,10-13,17-18H2,1H3,(H,27,28). The lowest BCUT2D eigenvalue weighted by Gasteiger charge is -2.26. The Morgan fingerprint density at radius 3 is 2.40 bits per heavy atom. The van der Waals surface area contributed by atoms with Crippen molar-refractivity contribution in [3.8, 4) is 5.75 Å². The van der Waals surface area contributed by atoms with Crippen molar-refractivity contribution in [3.63, 3.8) is 0 Å². The highest BCUT2D eigenvalue weighted by atomic mass is 16.5. The average Bonchev–Trinajstić information content (AvgIpc) is 2.69. The van der Waals surface area contributed by atoms with E-state index >= 15 is 0 Å². The van der Waals surface area contributed by atoms with E-state index in [9.17, 15) is 9.59 Å². The second kappa shape index (κ2) is 11.5. The van der Waals surface area contributed by atoms with Gasteiger partial charge in [0.05, 0.1) is 5.69 Å². The van der Waals surface area contributed by atoms with Gasteiger partial charge in [-0.15, -0.1) is 0 Å². The third-order valence-electron chi connectivity index (χ3n) is 5.46. The number of amides is 1. The van der Waals surface area contributed by atoms with Crippen LogP contribution >= 0.6 is 0 Å². The van der Waals surface area contributed by atoms with Crippen LogP contribution in [0.15, 0.2) is 48.5 Å². The number of anilines is 1. The molecule has 30 heavy (non-hydrogen) atoms. The molecule has 1 heterocycles. The van der Waals surface area contributed by atoms with Crippen LogP contribution in [-0.2, 0) is 22.4 Å². The molecule has 3 rings (SSSR count). The topological polar surface area (TPSA) is 67.4 Å². The Bertz CT molecular complexity index is 832. The summed E-state index contributed by atoms with van der Waals surface area (Å²) in [6.45, 7) is 3.55. The van der Waals surface area contributed by atoms with Crippen LogP contribution in [0.25, 0.3) is 0 Å². The minimum absolute atomic E-state index is 0.180. The molecule has 2 aromatic carbocycles.